The van der Waals surface area contributed by atoms with Gasteiger partial charge in [0.2, 0.25) is 0 Å². The second-order valence-corrected chi connectivity index (χ2v) is 3.40. The summed E-state index contributed by atoms with van der Waals surface area (Å²) in [5.74, 6) is 6.01. The minimum absolute atomic E-state index is 0.163. The Balaban J connectivity index is 2.54. The van der Waals surface area contributed by atoms with E-state index in [1.165, 1.54) is 0 Å². The van der Waals surface area contributed by atoms with Crippen LogP contribution in [0.2, 0.25) is 0 Å². The zero-order valence-electron chi connectivity index (χ0n) is 8.94. The number of nitrogens with zero attached hydrogens (tertiary/aromatic N) is 1. The fraction of sp³-hybridized carbons (Fsp3) is 0.500. The first-order chi connectivity index (χ1) is 7.27. The van der Waals surface area contributed by atoms with Crippen molar-refractivity contribution in [3.63, 3.8) is 0 Å². The maximum atomic E-state index is 5.74. The number of aromatic nitrogens is 1. The summed E-state index contributed by atoms with van der Waals surface area (Å²) in [4.78, 5) is 4.02. The van der Waals surface area contributed by atoms with Crippen LogP contribution >= 0.6 is 0 Å². The smallest absolute Gasteiger partial charge is 0.126 e. The first-order valence-electron chi connectivity index (χ1n) is 4.92. The molecule has 0 aliphatic heterocycles. The summed E-state index contributed by atoms with van der Waals surface area (Å²) in [5.41, 5.74) is 9.50. The number of hydrogen-bond donors (Lipinski definition) is 3. The highest BCUT2D eigenvalue weighted by molar-refractivity contribution is 5.38. The van der Waals surface area contributed by atoms with Crippen LogP contribution in [0.1, 0.15) is 12.0 Å². The van der Waals surface area contributed by atoms with Crippen LogP contribution in [0.25, 0.3) is 0 Å². The van der Waals surface area contributed by atoms with E-state index in [1.807, 2.05) is 12.1 Å². The molecule has 84 valence electrons. The summed E-state index contributed by atoms with van der Waals surface area (Å²) in [6.45, 7) is 0.676. The molecule has 0 aliphatic carbocycles. The van der Waals surface area contributed by atoms with Crippen molar-refractivity contribution in [2.24, 2.45) is 5.84 Å². The average molecular weight is 210 g/mol. The van der Waals surface area contributed by atoms with Crippen molar-refractivity contribution in [1.29, 1.82) is 0 Å². The molecule has 1 aromatic rings. The maximum Gasteiger partial charge on any atom is 0.126 e. The van der Waals surface area contributed by atoms with Crippen LogP contribution < -0.4 is 17.0 Å². The summed E-state index contributed by atoms with van der Waals surface area (Å²) in [7, 11) is 1.67. The normalized spacial score (nSPS) is 12.7. The molecule has 0 radical (unpaired) electrons. The minimum Gasteiger partial charge on any atom is -0.385 e. The zero-order chi connectivity index (χ0) is 11.1. The van der Waals surface area contributed by atoms with Gasteiger partial charge in [0.25, 0.3) is 0 Å². The van der Waals surface area contributed by atoms with Gasteiger partial charge in [-0.25, -0.2) is 4.98 Å². The van der Waals surface area contributed by atoms with E-state index in [-0.39, 0.29) is 6.04 Å². The van der Waals surface area contributed by atoms with E-state index < -0.39 is 0 Å². The van der Waals surface area contributed by atoms with Gasteiger partial charge in [0, 0.05) is 26.0 Å². The lowest BCUT2D eigenvalue weighted by atomic mass is 10.1. The number of methoxy groups -OCH3 is 1. The van der Waals surface area contributed by atoms with Gasteiger partial charge < -0.3 is 10.5 Å². The third-order valence-electron chi connectivity index (χ3n) is 2.30. The third-order valence-corrected chi connectivity index (χ3v) is 2.30. The standard InChI is InChI=1S/C10H18N4O/c1-15-6-4-9(14-12)7-8-3-2-5-13-10(8)11/h2-3,5,9,14H,4,6-7,12H2,1H3,(H2,11,13). The van der Waals surface area contributed by atoms with Crippen molar-refractivity contribution in [1.82, 2.24) is 10.4 Å². The third kappa shape index (κ3) is 3.83. The molecule has 5 nitrogen and oxygen atoms in total. The van der Waals surface area contributed by atoms with Crippen LogP contribution in [0.3, 0.4) is 0 Å². The van der Waals surface area contributed by atoms with E-state index in [1.54, 1.807) is 13.3 Å². The minimum atomic E-state index is 0.163. The Morgan fingerprint density at radius 3 is 3.00 bits per heavy atom. The molecule has 0 fully saturated rings. The first kappa shape index (κ1) is 11.9. The number of rotatable bonds is 6. The van der Waals surface area contributed by atoms with E-state index in [4.69, 9.17) is 16.3 Å². The fourth-order valence-corrected chi connectivity index (χ4v) is 1.39. The number of hydrazine groups is 1. The van der Waals surface area contributed by atoms with E-state index >= 15 is 0 Å². The Kier molecular flexibility index (Phi) is 5.03. The number of nitrogens with one attached hydrogen (secondary N) is 1. The molecule has 0 saturated heterocycles. The molecule has 0 saturated carbocycles. The molecular weight excluding hydrogens is 192 g/mol. The van der Waals surface area contributed by atoms with Gasteiger partial charge in [-0.2, -0.15) is 0 Å². The molecule has 0 aromatic carbocycles. The summed E-state index contributed by atoms with van der Waals surface area (Å²) >= 11 is 0. The SMILES string of the molecule is COCCC(Cc1cccnc1N)NN. The van der Waals surface area contributed by atoms with Crippen LogP contribution in [0, 0.1) is 0 Å². The molecule has 1 heterocycles. The van der Waals surface area contributed by atoms with Crippen LogP contribution in [0.5, 0.6) is 0 Å². The van der Waals surface area contributed by atoms with Crippen molar-refractivity contribution >= 4 is 5.82 Å². The molecule has 1 rings (SSSR count). The quantitative estimate of drug-likeness (QED) is 0.457. The van der Waals surface area contributed by atoms with Crippen molar-refractivity contribution < 1.29 is 4.74 Å². The van der Waals surface area contributed by atoms with Gasteiger partial charge in [-0.3, -0.25) is 11.3 Å². The maximum absolute atomic E-state index is 5.74. The lowest BCUT2D eigenvalue weighted by molar-refractivity contribution is 0.182. The summed E-state index contributed by atoms with van der Waals surface area (Å²) in [6, 6.07) is 3.99. The van der Waals surface area contributed by atoms with Crippen LogP contribution in [-0.4, -0.2) is 24.7 Å². The molecule has 1 unspecified atom stereocenters. The zero-order valence-corrected chi connectivity index (χ0v) is 8.94. The molecular formula is C10H18N4O. The number of nitrogen functional groups attached to an aromatic ring is 1. The fourth-order valence-electron chi connectivity index (χ4n) is 1.39. The molecule has 1 atom stereocenters. The van der Waals surface area contributed by atoms with Gasteiger partial charge in [0.1, 0.15) is 5.82 Å². The van der Waals surface area contributed by atoms with Crippen molar-refractivity contribution in [2.45, 2.75) is 18.9 Å². The summed E-state index contributed by atoms with van der Waals surface area (Å²) < 4.78 is 5.00. The Morgan fingerprint density at radius 1 is 1.60 bits per heavy atom. The highest BCUT2D eigenvalue weighted by Crippen LogP contribution is 2.11. The van der Waals surface area contributed by atoms with Crippen molar-refractivity contribution in [3.05, 3.63) is 23.9 Å². The van der Waals surface area contributed by atoms with Gasteiger partial charge in [0.05, 0.1) is 0 Å². The van der Waals surface area contributed by atoms with Gasteiger partial charge in [-0.05, 0) is 24.5 Å². The lowest BCUT2D eigenvalue weighted by Crippen LogP contribution is -2.37. The molecule has 0 spiro atoms. The Labute approximate surface area is 89.8 Å². The van der Waals surface area contributed by atoms with E-state index in [0.29, 0.717) is 12.4 Å². The average Bonchev–Trinajstić information content (AvgIpc) is 2.26. The first-order valence-corrected chi connectivity index (χ1v) is 4.92. The Bertz CT molecular complexity index is 293. The Hall–Kier alpha value is -1.17. The Morgan fingerprint density at radius 2 is 2.40 bits per heavy atom. The topological polar surface area (TPSA) is 86.2 Å². The molecule has 0 amide bonds. The largest absolute Gasteiger partial charge is 0.385 e. The van der Waals surface area contributed by atoms with Crippen LogP contribution in [-0.2, 0) is 11.2 Å². The second-order valence-electron chi connectivity index (χ2n) is 3.40. The van der Waals surface area contributed by atoms with Crippen LogP contribution in [0.4, 0.5) is 5.82 Å². The number of hydrogen-bond acceptors (Lipinski definition) is 5. The number of ether oxygens (including phenoxy) is 1. The highest BCUT2D eigenvalue weighted by atomic mass is 16.5. The highest BCUT2D eigenvalue weighted by Gasteiger charge is 2.09. The predicted octanol–water partition coefficient (Wildman–Crippen LogP) is 0.0747. The monoisotopic (exact) mass is 210 g/mol. The number of anilines is 1. The molecule has 0 bridgehead atoms. The second kappa shape index (κ2) is 6.34. The van der Waals surface area contributed by atoms with Crippen molar-refractivity contribution in [3.8, 4) is 0 Å². The van der Waals surface area contributed by atoms with Gasteiger partial charge in [-0.1, -0.05) is 6.07 Å². The summed E-state index contributed by atoms with van der Waals surface area (Å²) in [5, 5.41) is 0. The van der Waals surface area contributed by atoms with Crippen LogP contribution in [0.15, 0.2) is 18.3 Å². The van der Waals surface area contributed by atoms with Gasteiger partial charge >= 0.3 is 0 Å². The molecule has 5 N–H and O–H groups in total. The van der Waals surface area contributed by atoms with Gasteiger partial charge in [-0.15, -0.1) is 0 Å². The number of nitrogens with two attached hydrogens (primary N) is 2. The molecule has 15 heavy (non-hydrogen) atoms. The van der Waals surface area contributed by atoms with E-state index in [9.17, 15) is 0 Å². The summed E-state index contributed by atoms with van der Waals surface area (Å²) in [6.07, 6.45) is 3.29. The predicted molar refractivity (Wildman–Crippen MR) is 60.0 cm³/mol. The lowest BCUT2D eigenvalue weighted by Gasteiger charge is -2.15. The molecule has 0 aliphatic rings. The molecule has 5 heteroatoms. The van der Waals surface area contributed by atoms with Gasteiger partial charge in [0.15, 0.2) is 0 Å². The molecule has 1 aromatic heterocycles. The van der Waals surface area contributed by atoms with E-state index in [2.05, 4.69) is 10.4 Å². The van der Waals surface area contributed by atoms with E-state index in [0.717, 1.165) is 18.4 Å². The number of pyridine rings is 1. The van der Waals surface area contributed by atoms with Crippen molar-refractivity contribution in [2.75, 3.05) is 19.5 Å².